The number of benzene rings is 2. The van der Waals surface area contributed by atoms with Crippen molar-refractivity contribution in [3.63, 3.8) is 0 Å². The van der Waals surface area contributed by atoms with Crippen LogP contribution in [0.3, 0.4) is 0 Å². The van der Waals surface area contributed by atoms with Crippen LogP contribution in [-0.2, 0) is 0 Å². The number of hydrogen-bond donors (Lipinski definition) is 2. The average molecular weight is 318 g/mol. The first kappa shape index (κ1) is 14.5. The fourth-order valence-corrected chi connectivity index (χ4v) is 3.21. The number of urea groups is 1. The Labute approximate surface area is 140 Å². The lowest BCUT2D eigenvalue weighted by Gasteiger charge is -2.16. The molecule has 120 valence electrons. The minimum atomic E-state index is -0.199. The molecule has 0 saturated heterocycles. The first-order chi connectivity index (χ1) is 11.7. The highest BCUT2D eigenvalue weighted by Crippen LogP contribution is 2.38. The van der Waals surface area contributed by atoms with Gasteiger partial charge in [0.15, 0.2) is 0 Å². The van der Waals surface area contributed by atoms with Crippen LogP contribution in [0.4, 0.5) is 10.5 Å². The maximum Gasteiger partial charge on any atom is 0.319 e. The van der Waals surface area contributed by atoms with Crippen molar-refractivity contribution in [1.82, 2.24) is 14.9 Å². The second-order valence-electron chi connectivity index (χ2n) is 5.94. The van der Waals surface area contributed by atoms with Gasteiger partial charge in [-0.2, -0.15) is 0 Å². The predicted octanol–water partition coefficient (Wildman–Crippen LogP) is 3.58. The number of imidazole rings is 1. The van der Waals surface area contributed by atoms with Gasteiger partial charge in [0.25, 0.3) is 0 Å². The summed E-state index contributed by atoms with van der Waals surface area (Å²) in [5.74, 6) is 0. The summed E-state index contributed by atoms with van der Waals surface area (Å²) in [4.78, 5) is 16.5. The lowest BCUT2D eigenvalue weighted by molar-refractivity contribution is 0.251. The van der Waals surface area contributed by atoms with E-state index in [0.29, 0.717) is 6.54 Å². The largest absolute Gasteiger partial charge is 0.335 e. The molecule has 1 aliphatic heterocycles. The highest BCUT2D eigenvalue weighted by molar-refractivity contribution is 5.90. The van der Waals surface area contributed by atoms with Crippen LogP contribution in [0.1, 0.15) is 17.2 Å². The third-order valence-corrected chi connectivity index (χ3v) is 4.45. The molecule has 1 aromatic heterocycles. The topological polar surface area (TPSA) is 59.0 Å². The molecule has 5 heteroatoms. The van der Waals surface area contributed by atoms with Gasteiger partial charge in [0.05, 0.1) is 24.3 Å². The summed E-state index contributed by atoms with van der Waals surface area (Å²) in [6, 6.07) is 15.9. The summed E-state index contributed by atoms with van der Waals surface area (Å²) in [6.45, 7) is 2.48. The molecule has 2 amide bonds. The van der Waals surface area contributed by atoms with E-state index in [9.17, 15) is 4.79 Å². The number of hydrogen-bond acceptors (Lipinski definition) is 2. The van der Waals surface area contributed by atoms with Crippen molar-refractivity contribution in [2.45, 2.75) is 13.0 Å². The van der Waals surface area contributed by atoms with Crippen LogP contribution < -0.4 is 10.6 Å². The fraction of sp³-hybridized carbons (Fsp3) is 0.158. The number of anilines is 1. The first-order valence-electron chi connectivity index (χ1n) is 7.95. The monoisotopic (exact) mass is 318 g/mol. The van der Waals surface area contributed by atoms with Crippen LogP contribution in [0.5, 0.6) is 0 Å². The summed E-state index contributed by atoms with van der Waals surface area (Å²) in [5.41, 5.74) is 5.35. The number of amides is 2. The van der Waals surface area contributed by atoms with E-state index >= 15 is 0 Å². The Morgan fingerprint density at radius 2 is 1.96 bits per heavy atom. The molecule has 5 nitrogen and oxygen atoms in total. The van der Waals surface area contributed by atoms with E-state index in [1.807, 2.05) is 55.8 Å². The fourth-order valence-electron chi connectivity index (χ4n) is 3.21. The summed E-state index contributed by atoms with van der Waals surface area (Å²) >= 11 is 0. The Hall–Kier alpha value is -3.08. The van der Waals surface area contributed by atoms with Crippen molar-refractivity contribution in [3.8, 4) is 11.3 Å². The van der Waals surface area contributed by atoms with Gasteiger partial charge in [0.2, 0.25) is 0 Å². The van der Waals surface area contributed by atoms with Crippen molar-refractivity contribution in [2.75, 3.05) is 11.9 Å². The molecule has 1 atom stereocenters. The smallest absolute Gasteiger partial charge is 0.319 e. The molecule has 4 rings (SSSR count). The van der Waals surface area contributed by atoms with Crippen molar-refractivity contribution in [1.29, 1.82) is 0 Å². The van der Waals surface area contributed by atoms with Gasteiger partial charge in [0, 0.05) is 17.8 Å². The number of aromatic nitrogens is 2. The number of carbonyl (C=O) groups excluding carboxylic acids is 1. The highest BCUT2D eigenvalue weighted by atomic mass is 16.2. The van der Waals surface area contributed by atoms with Crippen molar-refractivity contribution in [3.05, 3.63) is 72.2 Å². The lowest BCUT2D eigenvalue weighted by atomic mass is 10.0. The number of carbonyl (C=O) groups is 1. The molecule has 0 saturated carbocycles. The second-order valence-corrected chi connectivity index (χ2v) is 5.94. The zero-order valence-corrected chi connectivity index (χ0v) is 13.4. The molecule has 2 N–H and O–H groups in total. The number of rotatable bonds is 3. The molecule has 0 radical (unpaired) electrons. The minimum Gasteiger partial charge on any atom is -0.335 e. The second kappa shape index (κ2) is 5.85. The number of fused-ring (bicyclic) bond motifs is 3. The van der Waals surface area contributed by atoms with Gasteiger partial charge in [-0.25, -0.2) is 9.78 Å². The van der Waals surface area contributed by atoms with Gasteiger partial charge in [-0.1, -0.05) is 42.5 Å². The first-order valence-corrected chi connectivity index (χ1v) is 7.95. The van der Waals surface area contributed by atoms with Gasteiger partial charge in [0.1, 0.15) is 0 Å². The minimum absolute atomic E-state index is 0.0707. The van der Waals surface area contributed by atoms with Gasteiger partial charge in [-0.15, -0.1) is 0 Å². The SMILES string of the molecule is Cc1ccccc1NC(=O)NCC1c2ccccc2-c2cncn21. The summed E-state index contributed by atoms with van der Waals surface area (Å²) < 4.78 is 2.11. The van der Waals surface area contributed by atoms with E-state index < -0.39 is 0 Å². The zero-order valence-electron chi connectivity index (χ0n) is 13.4. The van der Waals surface area contributed by atoms with Crippen LogP contribution in [0.2, 0.25) is 0 Å². The quantitative estimate of drug-likeness (QED) is 0.775. The van der Waals surface area contributed by atoms with E-state index in [4.69, 9.17) is 0 Å². The van der Waals surface area contributed by atoms with Gasteiger partial charge < -0.3 is 15.2 Å². The molecule has 0 fully saturated rings. The molecule has 2 heterocycles. The zero-order chi connectivity index (χ0) is 16.5. The van der Waals surface area contributed by atoms with E-state index in [2.05, 4.69) is 32.3 Å². The van der Waals surface area contributed by atoms with Crippen LogP contribution in [0.15, 0.2) is 61.1 Å². The summed E-state index contributed by atoms with van der Waals surface area (Å²) in [6.07, 6.45) is 3.69. The van der Waals surface area contributed by atoms with Crippen LogP contribution in [0, 0.1) is 6.92 Å². The normalized spacial score (nSPS) is 14.8. The standard InChI is InChI=1S/C19H18N4O/c1-13-6-2-5-9-16(13)22-19(24)21-11-18-15-8-4-3-7-14(15)17-10-20-12-23(17)18/h2-10,12,18H,11H2,1H3,(H2,21,22,24). The molecule has 0 spiro atoms. The summed E-state index contributed by atoms with van der Waals surface area (Å²) in [5, 5.41) is 5.87. The highest BCUT2D eigenvalue weighted by Gasteiger charge is 2.28. The van der Waals surface area contributed by atoms with Crippen LogP contribution in [-0.4, -0.2) is 22.1 Å². The van der Waals surface area contributed by atoms with Gasteiger partial charge in [-0.3, -0.25) is 0 Å². The predicted molar refractivity (Wildman–Crippen MR) is 94.0 cm³/mol. The van der Waals surface area contributed by atoms with Gasteiger partial charge in [-0.05, 0) is 24.1 Å². The Bertz CT molecular complexity index is 900. The van der Waals surface area contributed by atoms with Crippen molar-refractivity contribution >= 4 is 11.7 Å². The maximum absolute atomic E-state index is 12.2. The summed E-state index contributed by atoms with van der Waals surface area (Å²) in [7, 11) is 0. The van der Waals surface area contributed by atoms with E-state index in [-0.39, 0.29) is 12.1 Å². The molecule has 3 aromatic rings. The molecule has 0 bridgehead atoms. The molecule has 24 heavy (non-hydrogen) atoms. The van der Waals surface area contributed by atoms with Crippen molar-refractivity contribution < 1.29 is 4.79 Å². The number of para-hydroxylation sites is 1. The molecule has 1 aliphatic rings. The lowest BCUT2D eigenvalue weighted by Crippen LogP contribution is -2.33. The molecule has 2 aromatic carbocycles. The van der Waals surface area contributed by atoms with E-state index in [1.165, 1.54) is 11.1 Å². The number of aryl methyl sites for hydroxylation is 1. The number of nitrogens with zero attached hydrogens (tertiary/aromatic N) is 2. The Morgan fingerprint density at radius 1 is 1.17 bits per heavy atom. The van der Waals surface area contributed by atoms with Crippen LogP contribution >= 0.6 is 0 Å². The number of nitrogens with one attached hydrogen (secondary N) is 2. The van der Waals surface area contributed by atoms with Crippen molar-refractivity contribution in [2.24, 2.45) is 0 Å². The Balaban J connectivity index is 1.49. The molecular weight excluding hydrogens is 300 g/mol. The van der Waals surface area contributed by atoms with E-state index in [1.54, 1.807) is 0 Å². The van der Waals surface area contributed by atoms with E-state index in [0.717, 1.165) is 16.9 Å². The maximum atomic E-state index is 12.2. The molecule has 0 aliphatic carbocycles. The Kier molecular flexibility index (Phi) is 3.54. The van der Waals surface area contributed by atoms with Gasteiger partial charge >= 0.3 is 6.03 Å². The Morgan fingerprint density at radius 3 is 2.83 bits per heavy atom. The van der Waals surface area contributed by atoms with Crippen LogP contribution in [0.25, 0.3) is 11.3 Å². The molecule has 1 unspecified atom stereocenters. The molecular formula is C19H18N4O. The average Bonchev–Trinajstić information content (AvgIpc) is 3.16. The third-order valence-electron chi connectivity index (χ3n) is 4.45. The third kappa shape index (κ3) is 2.44.